The van der Waals surface area contributed by atoms with E-state index in [4.69, 9.17) is 5.26 Å². The van der Waals surface area contributed by atoms with Crippen molar-refractivity contribution in [2.24, 2.45) is 5.92 Å². The summed E-state index contributed by atoms with van der Waals surface area (Å²) >= 11 is 1.20. The third-order valence-electron chi connectivity index (χ3n) is 1.79. The molecule has 0 radical (unpaired) electrons. The van der Waals surface area contributed by atoms with Gasteiger partial charge in [0, 0.05) is 5.92 Å². The largest absolute Gasteiger partial charge is 0.302 e. The molecule has 1 saturated carbocycles. The van der Waals surface area contributed by atoms with E-state index in [0.717, 1.165) is 12.8 Å². The van der Waals surface area contributed by atoms with Crippen LogP contribution in [-0.4, -0.2) is 10.9 Å². The molecule has 66 valence electrons. The van der Waals surface area contributed by atoms with E-state index in [1.807, 2.05) is 6.07 Å². The summed E-state index contributed by atoms with van der Waals surface area (Å²) in [5, 5.41) is 11.7. The molecule has 13 heavy (non-hydrogen) atoms. The van der Waals surface area contributed by atoms with Crippen molar-refractivity contribution >= 4 is 22.4 Å². The molecule has 0 saturated heterocycles. The quantitative estimate of drug-likeness (QED) is 0.771. The normalized spacial score (nSPS) is 15.0. The van der Waals surface area contributed by atoms with Gasteiger partial charge in [0.25, 0.3) is 0 Å². The minimum Gasteiger partial charge on any atom is -0.302 e. The number of nitrogens with zero attached hydrogens (tertiary/aromatic N) is 2. The molecule has 1 amide bonds. The van der Waals surface area contributed by atoms with E-state index in [2.05, 4.69) is 10.3 Å². The van der Waals surface area contributed by atoms with Crippen LogP contribution in [0, 0.1) is 17.2 Å². The Kier molecular flexibility index (Phi) is 1.99. The minimum absolute atomic E-state index is 0.0267. The fourth-order valence-electron chi connectivity index (χ4n) is 0.937. The number of carbonyl (C=O) groups excluding carboxylic acids is 1. The van der Waals surface area contributed by atoms with Gasteiger partial charge in [-0.3, -0.25) is 4.79 Å². The molecule has 4 nitrogen and oxygen atoms in total. The Morgan fingerprint density at radius 1 is 1.77 bits per heavy atom. The lowest BCUT2D eigenvalue weighted by atomic mass is 10.4. The van der Waals surface area contributed by atoms with E-state index in [-0.39, 0.29) is 11.8 Å². The van der Waals surface area contributed by atoms with Crippen LogP contribution in [0.3, 0.4) is 0 Å². The summed E-state index contributed by atoms with van der Waals surface area (Å²) in [5.41, 5.74) is 0. The van der Waals surface area contributed by atoms with Gasteiger partial charge in [-0.05, 0) is 12.8 Å². The summed E-state index contributed by atoms with van der Waals surface area (Å²) in [4.78, 5) is 15.7. The second-order valence-corrected chi connectivity index (χ2v) is 3.94. The van der Waals surface area contributed by atoms with Crippen molar-refractivity contribution in [2.75, 3.05) is 5.32 Å². The predicted molar refractivity (Wildman–Crippen MR) is 48.2 cm³/mol. The third-order valence-corrected chi connectivity index (χ3v) is 2.61. The lowest BCUT2D eigenvalue weighted by Crippen LogP contribution is -2.12. The van der Waals surface area contributed by atoms with E-state index in [1.165, 1.54) is 17.5 Å². The summed E-state index contributed by atoms with van der Waals surface area (Å²) in [6, 6.07) is 1.97. The first-order valence-corrected chi connectivity index (χ1v) is 4.78. The number of amides is 1. The molecule has 1 aromatic rings. The average Bonchev–Trinajstić information content (AvgIpc) is 2.88. The molecule has 2 rings (SSSR count). The smallest absolute Gasteiger partial charge is 0.229 e. The van der Waals surface area contributed by atoms with Gasteiger partial charge in [-0.2, -0.15) is 5.26 Å². The molecule has 5 heteroatoms. The lowest BCUT2D eigenvalue weighted by molar-refractivity contribution is -0.117. The molecule has 1 aliphatic carbocycles. The number of aromatic nitrogens is 1. The second-order valence-electron chi connectivity index (χ2n) is 2.90. The number of anilines is 1. The van der Waals surface area contributed by atoms with Gasteiger partial charge >= 0.3 is 0 Å². The van der Waals surface area contributed by atoms with Crippen LogP contribution in [0.1, 0.15) is 17.7 Å². The van der Waals surface area contributed by atoms with Crippen molar-refractivity contribution in [3.05, 3.63) is 11.1 Å². The maximum atomic E-state index is 11.2. The highest BCUT2D eigenvalue weighted by atomic mass is 32.1. The number of carbonyl (C=O) groups is 1. The van der Waals surface area contributed by atoms with E-state index in [0.29, 0.717) is 10.0 Å². The third kappa shape index (κ3) is 1.84. The molecule has 0 spiro atoms. The molecule has 0 unspecified atom stereocenters. The monoisotopic (exact) mass is 193 g/mol. The fraction of sp³-hybridized carbons (Fsp3) is 0.375. The minimum atomic E-state index is 0.0267. The van der Waals surface area contributed by atoms with Crippen molar-refractivity contribution in [3.8, 4) is 6.07 Å². The highest BCUT2D eigenvalue weighted by Gasteiger charge is 2.30. The SMILES string of the molecule is N#Cc1cnc(NC(=O)C2CC2)s1. The van der Waals surface area contributed by atoms with E-state index in [9.17, 15) is 4.79 Å². The van der Waals surface area contributed by atoms with Crippen molar-refractivity contribution < 1.29 is 4.79 Å². The Labute approximate surface area is 79.2 Å². The van der Waals surface area contributed by atoms with Crippen molar-refractivity contribution in [1.82, 2.24) is 4.98 Å². The number of hydrogen-bond acceptors (Lipinski definition) is 4. The molecular formula is C8H7N3OS. The number of thiazole rings is 1. The summed E-state index contributed by atoms with van der Waals surface area (Å²) in [7, 11) is 0. The van der Waals surface area contributed by atoms with Gasteiger partial charge in [-0.1, -0.05) is 11.3 Å². The maximum absolute atomic E-state index is 11.2. The molecular weight excluding hydrogens is 186 g/mol. The Morgan fingerprint density at radius 3 is 3.08 bits per heavy atom. The summed E-state index contributed by atoms with van der Waals surface area (Å²) in [6.45, 7) is 0. The zero-order valence-electron chi connectivity index (χ0n) is 6.78. The average molecular weight is 193 g/mol. The molecule has 0 aliphatic heterocycles. The van der Waals surface area contributed by atoms with Gasteiger partial charge in [0.05, 0.1) is 6.20 Å². The first-order chi connectivity index (χ1) is 6.29. The van der Waals surface area contributed by atoms with E-state index < -0.39 is 0 Å². The molecule has 1 heterocycles. The maximum Gasteiger partial charge on any atom is 0.229 e. The summed E-state index contributed by atoms with van der Waals surface area (Å²) < 4.78 is 0. The Bertz CT molecular complexity index is 375. The first-order valence-electron chi connectivity index (χ1n) is 3.96. The van der Waals surface area contributed by atoms with Gasteiger partial charge < -0.3 is 5.32 Å². The molecule has 1 fully saturated rings. The highest BCUT2D eigenvalue weighted by Crippen LogP contribution is 2.30. The van der Waals surface area contributed by atoms with Crippen molar-refractivity contribution in [1.29, 1.82) is 5.26 Å². The van der Waals surface area contributed by atoms with Gasteiger partial charge in [-0.25, -0.2) is 4.98 Å². The molecule has 0 aromatic carbocycles. The standard InChI is InChI=1S/C8H7N3OS/c9-3-6-4-10-8(13-6)11-7(12)5-1-2-5/h4-5H,1-2H2,(H,10,11,12). The highest BCUT2D eigenvalue weighted by molar-refractivity contribution is 7.16. The van der Waals surface area contributed by atoms with Crippen LogP contribution in [0.15, 0.2) is 6.20 Å². The molecule has 0 atom stereocenters. The Hall–Kier alpha value is -1.41. The lowest BCUT2D eigenvalue weighted by Gasteiger charge is -1.96. The topological polar surface area (TPSA) is 65.8 Å². The summed E-state index contributed by atoms with van der Waals surface area (Å²) in [5.74, 6) is 0.202. The second kappa shape index (κ2) is 3.15. The van der Waals surface area contributed by atoms with Crippen LogP contribution < -0.4 is 5.32 Å². The first kappa shape index (κ1) is 8.20. The summed E-state index contributed by atoms with van der Waals surface area (Å²) in [6.07, 6.45) is 3.41. The van der Waals surface area contributed by atoms with Gasteiger partial charge in [0.15, 0.2) is 5.13 Å². The van der Waals surface area contributed by atoms with Crippen LogP contribution in [0.2, 0.25) is 0 Å². The van der Waals surface area contributed by atoms with Crippen LogP contribution in [0.4, 0.5) is 5.13 Å². The van der Waals surface area contributed by atoms with E-state index in [1.54, 1.807) is 0 Å². The molecule has 1 N–H and O–H groups in total. The Morgan fingerprint density at radius 2 is 2.54 bits per heavy atom. The number of hydrogen-bond donors (Lipinski definition) is 1. The Balaban J connectivity index is 2.01. The number of rotatable bonds is 2. The van der Waals surface area contributed by atoms with Gasteiger partial charge in [0.1, 0.15) is 10.9 Å². The van der Waals surface area contributed by atoms with Crippen LogP contribution in [-0.2, 0) is 4.79 Å². The van der Waals surface area contributed by atoms with Gasteiger partial charge in [0.2, 0.25) is 5.91 Å². The molecule has 1 aromatic heterocycles. The number of nitriles is 1. The van der Waals surface area contributed by atoms with Gasteiger partial charge in [-0.15, -0.1) is 0 Å². The van der Waals surface area contributed by atoms with Crippen LogP contribution >= 0.6 is 11.3 Å². The fourth-order valence-corrected chi connectivity index (χ4v) is 1.55. The zero-order valence-corrected chi connectivity index (χ0v) is 7.60. The predicted octanol–water partition coefficient (Wildman–Crippen LogP) is 1.36. The van der Waals surface area contributed by atoms with Crippen LogP contribution in [0.25, 0.3) is 0 Å². The number of nitrogens with one attached hydrogen (secondary N) is 1. The van der Waals surface area contributed by atoms with Crippen molar-refractivity contribution in [2.45, 2.75) is 12.8 Å². The van der Waals surface area contributed by atoms with Crippen LogP contribution in [0.5, 0.6) is 0 Å². The molecule has 1 aliphatic rings. The van der Waals surface area contributed by atoms with E-state index >= 15 is 0 Å². The zero-order chi connectivity index (χ0) is 9.26. The van der Waals surface area contributed by atoms with Crippen molar-refractivity contribution in [3.63, 3.8) is 0 Å². The molecule has 0 bridgehead atoms.